The maximum Gasteiger partial charge on any atom is 0.291 e. The molecule has 0 atom stereocenters. The number of fused-ring (bicyclic) bond motifs is 3. The quantitative estimate of drug-likeness (QED) is 0.292. The van der Waals surface area contributed by atoms with Crippen LogP contribution in [0.1, 0.15) is 17.5 Å². The smallest absolute Gasteiger partial charge is 0.291 e. The first kappa shape index (κ1) is 22.5. The molecule has 35 heavy (non-hydrogen) atoms. The molecular formula is C27H22N2O5S. The van der Waals surface area contributed by atoms with Gasteiger partial charge in [-0.15, -0.1) is 0 Å². The van der Waals surface area contributed by atoms with E-state index in [2.05, 4.69) is 10.0 Å². The van der Waals surface area contributed by atoms with E-state index in [-0.39, 0.29) is 10.7 Å². The molecule has 0 saturated heterocycles. The zero-order valence-electron chi connectivity index (χ0n) is 18.8. The fourth-order valence-corrected chi connectivity index (χ4v) is 4.87. The number of anilines is 2. The molecule has 5 aromatic rings. The average Bonchev–Trinajstić information content (AvgIpc) is 3.31. The molecule has 0 spiro atoms. The van der Waals surface area contributed by atoms with Crippen molar-refractivity contribution in [1.29, 1.82) is 0 Å². The summed E-state index contributed by atoms with van der Waals surface area (Å²) in [5, 5.41) is 5.67. The first-order valence-corrected chi connectivity index (χ1v) is 12.5. The van der Waals surface area contributed by atoms with Gasteiger partial charge < -0.3 is 14.5 Å². The fraction of sp³-hybridized carbons (Fsp3) is 0.0741. The van der Waals surface area contributed by atoms with Crippen LogP contribution in [0.15, 0.2) is 100 Å². The number of sulfonamides is 1. The van der Waals surface area contributed by atoms with Gasteiger partial charge >= 0.3 is 0 Å². The second kappa shape index (κ2) is 9.15. The highest BCUT2D eigenvalue weighted by Gasteiger charge is 2.17. The molecule has 0 unspecified atom stereocenters. The lowest BCUT2D eigenvalue weighted by Gasteiger charge is -2.10. The summed E-state index contributed by atoms with van der Waals surface area (Å²) in [5.41, 5.74) is 1.49. The molecule has 1 amide bonds. The molecule has 7 nitrogen and oxygen atoms in total. The molecule has 1 heterocycles. The summed E-state index contributed by atoms with van der Waals surface area (Å²) in [6, 6.07) is 26.0. The Bertz CT molecular complexity index is 1620. The van der Waals surface area contributed by atoms with Gasteiger partial charge in [0.25, 0.3) is 15.9 Å². The highest BCUT2D eigenvalue weighted by Crippen LogP contribution is 2.28. The van der Waals surface area contributed by atoms with Crippen molar-refractivity contribution < 1.29 is 22.4 Å². The molecule has 5 rings (SSSR count). The number of ether oxygens (including phenoxy) is 1. The molecule has 176 valence electrons. The lowest BCUT2D eigenvalue weighted by Crippen LogP contribution is -2.14. The van der Waals surface area contributed by atoms with E-state index >= 15 is 0 Å². The number of benzene rings is 4. The average molecular weight is 487 g/mol. The first-order valence-electron chi connectivity index (χ1n) is 11.0. The fourth-order valence-electron chi connectivity index (χ4n) is 3.81. The molecule has 4 aromatic carbocycles. The summed E-state index contributed by atoms with van der Waals surface area (Å²) < 4.78 is 39.1. The van der Waals surface area contributed by atoms with Crippen LogP contribution in [-0.2, 0) is 10.0 Å². The molecule has 2 N–H and O–H groups in total. The van der Waals surface area contributed by atoms with Gasteiger partial charge in [0, 0.05) is 16.8 Å². The van der Waals surface area contributed by atoms with Crippen LogP contribution in [0.5, 0.6) is 5.75 Å². The van der Waals surface area contributed by atoms with Crippen LogP contribution >= 0.6 is 0 Å². The summed E-state index contributed by atoms with van der Waals surface area (Å²) in [6.45, 7) is 2.41. The number of nitrogens with one attached hydrogen (secondary N) is 2. The SMILES string of the molecule is CCOc1ccc(NS(=O)(=O)c2ccc(NC(=O)c3cc4c(ccc5ccccc54)o3)cc2)cc1. The monoisotopic (exact) mass is 486 g/mol. The van der Waals surface area contributed by atoms with Crippen molar-refractivity contribution >= 4 is 49.0 Å². The molecular weight excluding hydrogens is 464 g/mol. The van der Waals surface area contributed by atoms with Gasteiger partial charge in [-0.1, -0.05) is 30.3 Å². The largest absolute Gasteiger partial charge is 0.494 e. The number of amides is 1. The first-order chi connectivity index (χ1) is 16.9. The predicted octanol–water partition coefficient (Wildman–Crippen LogP) is 6.04. The van der Waals surface area contributed by atoms with Crippen molar-refractivity contribution in [1.82, 2.24) is 0 Å². The highest BCUT2D eigenvalue weighted by atomic mass is 32.2. The van der Waals surface area contributed by atoms with E-state index in [9.17, 15) is 13.2 Å². The van der Waals surface area contributed by atoms with E-state index in [1.807, 2.05) is 43.3 Å². The van der Waals surface area contributed by atoms with E-state index < -0.39 is 15.9 Å². The molecule has 0 radical (unpaired) electrons. The van der Waals surface area contributed by atoms with Crippen molar-refractivity contribution in [3.63, 3.8) is 0 Å². The lowest BCUT2D eigenvalue weighted by molar-refractivity contribution is 0.0998. The minimum atomic E-state index is -3.80. The Kier molecular flexibility index (Phi) is 5.88. The minimum absolute atomic E-state index is 0.0691. The number of hydrogen-bond acceptors (Lipinski definition) is 5. The summed E-state index contributed by atoms with van der Waals surface area (Å²) in [5.74, 6) is 0.409. The van der Waals surface area contributed by atoms with Gasteiger partial charge in [0.15, 0.2) is 5.76 Å². The van der Waals surface area contributed by atoms with E-state index in [1.54, 1.807) is 30.3 Å². The van der Waals surface area contributed by atoms with Crippen molar-refractivity contribution in [3.05, 3.63) is 96.8 Å². The minimum Gasteiger partial charge on any atom is -0.494 e. The maximum absolute atomic E-state index is 12.8. The van der Waals surface area contributed by atoms with Gasteiger partial charge in [-0.25, -0.2) is 8.42 Å². The molecule has 0 aliphatic heterocycles. The Labute approximate surface area is 202 Å². The third-order valence-electron chi connectivity index (χ3n) is 5.49. The van der Waals surface area contributed by atoms with Crippen LogP contribution in [0.3, 0.4) is 0 Å². The zero-order valence-corrected chi connectivity index (χ0v) is 19.6. The molecule has 0 saturated carbocycles. The molecule has 0 aliphatic carbocycles. The van der Waals surface area contributed by atoms with Crippen molar-refractivity contribution in [2.45, 2.75) is 11.8 Å². The number of carbonyl (C=O) groups excluding carboxylic acids is 1. The van der Waals surface area contributed by atoms with Crippen LogP contribution in [0.2, 0.25) is 0 Å². The van der Waals surface area contributed by atoms with Gasteiger partial charge in [0.05, 0.1) is 11.5 Å². The molecule has 0 aliphatic rings. The number of furan rings is 1. The second-order valence-electron chi connectivity index (χ2n) is 7.85. The van der Waals surface area contributed by atoms with Crippen LogP contribution in [-0.4, -0.2) is 20.9 Å². The Hall–Kier alpha value is -4.30. The number of carbonyl (C=O) groups is 1. The molecule has 1 aromatic heterocycles. The second-order valence-corrected chi connectivity index (χ2v) is 9.53. The Balaban J connectivity index is 1.30. The number of hydrogen-bond donors (Lipinski definition) is 2. The van der Waals surface area contributed by atoms with E-state index in [1.165, 1.54) is 24.3 Å². The highest BCUT2D eigenvalue weighted by molar-refractivity contribution is 7.92. The lowest BCUT2D eigenvalue weighted by atomic mass is 10.1. The van der Waals surface area contributed by atoms with Crippen LogP contribution < -0.4 is 14.8 Å². The maximum atomic E-state index is 12.8. The van der Waals surface area contributed by atoms with Gasteiger partial charge in [0.1, 0.15) is 11.3 Å². The molecule has 0 bridgehead atoms. The number of rotatable bonds is 7. The third kappa shape index (κ3) is 4.69. The van der Waals surface area contributed by atoms with Gasteiger partial charge in [-0.05, 0) is 78.4 Å². The Morgan fingerprint density at radius 1 is 0.857 bits per heavy atom. The van der Waals surface area contributed by atoms with Gasteiger partial charge in [-0.3, -0.25) is 9.52 Å². The van der Waals surface area contributed by atoms with Crippen LogP contribution in [0, 0.1) is 0 Å². The molecule has 0 fully saturated rings. The van der Waals surface area contributed by atoms with Crippen molar-refractivity contribution in [2.24, 2.45) is 0 Å². The topological polar surface area (TPSA) is 97.6 Å². The van der Waals surface area contributed by atoms with Gasteiger partial charge in [-0.2, -0.15) is 0 Å². The zero-order chi connectivity index (χ0) is 24.4. The molecule has 8 heteroatoms. The normalized spacial score (nSPS) is 11.5. The summed E-state index contributed by atoms with van der Waals surface area (Å²) in [4.78, 5) is 12.8. The van der Waals surface area contributed by atoms with Gasteiger partial charge in [0.2, 0.25) is 0 Å². The summed E-state index contributed by atoms with van der Waals surface area (Å²) in [7, 11) is -3.80. The van der Waals surface area contributed by atoms with E-state index in [0.717, 1.165) is 16.2 Å². The Morgan fingerprint density at radius 2 is 1.57 bits per heavy atom. The van der Waals surface area contributed by atoms with E-state index in [0.29, 0.717) is 29.3 Å². The van der Waals surface area contributed by atoms with Crippen LogP contribution in [0.4, 0.5) is 11.4 Å². The van der Waals surface area contributed by atoms with Crippen molar-refractivity contribution in [3.8, 4) is 5.75 Å². The Morgan fingerprint density at radius 3 is 2.31 bits per heavy atom. The van der Waals surface area contributed by atoms with Crippen LogP contribution in [0.25, 0.3) is 21.7 Å². The predicted molar refractivity (Wildman–Crippen MR) is 137 cm³/mol. The summed E-state index contributed by atoms with van der Waals surface area (Å²) in [6.07, 6.45) is 0. The summed E-state index contributed by atoms with van der Waals surface area (Å²) >= 11 is 0. The van der Waals surface area contributed by atoms with Crippen molar-refractivity contribution in [2.75, 3.05) is 16.6 Å². The third-order valence-corrected chi connectivity index (χ3v) is 6.89. The standard InChI is InChI=1S/C27H22N2O5S/c1-2-33-21-12-8-20(9-13-21)29-35(31,32)22-14-10-19(11-15-22)28-27(30)26-17-24-23-6-4-3-5-18(23)7-16-25(24)34-26/h3-17,29H,2H2,1H3,(H,28,30). The van der Waals surface area contributed by atoms with E-state index in [4.69, 9.17) is 9.15 Å².